The minimum absolute atomic E-state index is 0.570. The van der Waals surface area contributed by atoms with Gasteiger partial charge in [0, 0.05) is 38.3 Å². The van der Waals surface area contributed by atoms with Gasteiger partial charge in [0.15, 0.2) is 0 Å². The second-order valence-electron chi connectivity index (χ2n) is 5.59. The molecule has 1 saturated heterocycles. The van der Waals surface area contributed by atoms with Crippen molar-refractivity contribution in [1.82, 2.24) is 10.2 Å². The molecule has 0 radical (unpaired) electrons. The molecule has 2 rings (SSSR count). The first kappa shape index (κ1) is 17.1. The third-order valence-corrected chi connectivity index (χ3v) is 3.91. The Kier molecular flexibility index (Phi) is 6.49. The smallest absolute Gasteiger partial charge is 0.125 e. The van der Waals surface area contributed by atoms with Crippen LogP contribution >= 0.6 is 0 Å². The van der Waals surface area contributed by atoms with Crippen molar-refractivity contribution in [3.8, 4) is 11.5 Å². The van der Waals surface area contributed by atoms with Gasteiger partial charge >= 0.3 is 0 Å². The molecule has 1 aliphatic heterocycles. The maximum absolute atomic E-state index is 10.7. The van der Waals surface area contributed by atoms with Crippen LogP contribution in [0.4, 0.5) is 0 Å². The van der Waals surface area contributed by atoms with Crippen molar-refractivity contribution in [3.05, 3.63) is 23.3 Å². The predicted molar refractivity (Wildman–Crippen MR) is 87.8 cm³/mol. The topological polar surface area (TPSA) is 54.0 Å². The quantitative estimate of drug-likeness (QED) is 0.803. The van der Waals surface area contributed by atoms with Crippen molar-refractivity contribution < 1.29 is 14.6 Å². The van der Waals surface area contributed by atoms with Gasteiger partial charge in [-0.25, -0.2) is 0 Å². The molecule has 22 heavy (non-hydrogen) atoms. The van der Waals surface area contributed by atoms with Gasteiger partial charge in [-0.15, -0.1) is 0 Å². The van der Waals surface area contributed by atoms with Crippen molar-refractivity contribution in [1.29, 1.82) is 0 Å². The highest BCUT2D eigenvalue weighted by Gasteiger charge is 2.20. The lowest BCUT2D eigenvalue weighted by molar-refractivity contribution is 0.102. The van der Waals surface area contributed by atoms with E-state index >= 15 is 0 Å². The molecular weight excluding hydrogens is 280 g/mol. The first-order valence-electron chi connectivity index (χ1n) is 8.17. The summed E-state index contributed by atoms with van der Waals surface area (Å²) >= 11 is 0. The summed E-state index contributed by atoms with van der Waals surface area (Å²) in [5.74, 6) is 1.58. The molecule has 1 unspecified atom stereocenters. The number of hydrogen-bond donors (Lipinski definition) is 2. The third kappa shape index (κ3) is 4.35. The van der Waals surface area contributed by atoms with Gasteiger partial charge in [0.2, 0.25) is 0 Å². The van der Waals surface area contributed by atoms with Gasteiger partial charge in [0.1, 0.15) is 11.5 Å². The highest BCUT2D eigenvalue weighted by Crippen LogP contribution is 2.33. The molecule has 0 spiro atoms. The van der Waals surface area contributed by atoms with Crippen LogP contribution in [0.3, 0.4) is 0 Å². The van der Waals surface area contributed by atoms with Crippen molar-refractivity contribution >= 4 is 0 Å². The van der Waals surface area contributed by atoms with E-state index in [-0.39, 0.29) is 0 Å². The normalized spacial score (nSPS) is 17.3. The number of rotatable bonds is 7. The highest BCUT2D eigenvalue weighted by molar-refractivity contribution is 5.47. The number of nitrogens with zero attached hydrogens (tertiary/aromatic N) is 1. The minimum Gasteiger partial charge on any atom is -0.494 e. The molecule has 5 heteroatoms. The predicted octanol–water partition coefficient (Wildman–Crippen LogP) is 1.73. The van der Waals surface area contributed by atoms with Crippen LogP contribution in [0.15, 0.2) is 12.1 Å². The van der Waals surface area contributed by atoms with Gasteiger partial charge in [0.25, 0.3) is 0 Å². The fourth-order valence-electron chi connectivity index (χ4n) is 2.77. The number of aliphatic hydroxyl groups is 1. The summed E-state index contributed by atoms with van der Waals surface area (Å²) in [6.45, 7) is 11.6. The standard InChI is InChI=1S/C17H28N2O3/c1-4-21-16-11-14(17(22-5-2)10-13(16)3)15(20)12-19-8-6-18-7-9-19/h10-11,15,18,20H,4-9,12H2,1-3H3. The number of aryl methyl sites for hydroxylation is 1. The largest absolute Gasteiger partial charge is 0.494 e. The molecule has 1 aromatic carbocycles. The van der Waals surface area contributed by atoms with E-state index in [1.165, 1.54) is 0 Å². The summed E-state index contributed by atoms with van der Waals surface area (Å²) in [5, 5.41) is 14.0. The van der Waals surface area contributed by atoms with Gasteiger partial charge in [-0.05, 0) is 38.5 Å². The monoisotopic (exact) mass is 308 g/mol. The molecule has 0 saturated carbocycles. The average molecular weight is 308 g/mol. The van der Waals surface area contributed by atoms with Gasteiger partial charge < -0.3 is 19.9 Å². The first-order chi connectivity index (χ1) is 10.7. The van der Waals surface area contributed by atoms with E-state index in [4.69, 9.17) is 9.47 Å². The van der Waals surface area contributed by atoms with Crippen molar-refractivity contribution in [3.63, 3.8) is 0 Å². The second kappa shape index (κ2) is 8.36. The summed E-state index contributed by atoms with van der Waals surface area (Å²) in [4.78, 5) is 2.27. The Morgan fingerprint density at radius 1 is 1.14 bits per heavy atom. The number of aliphatic hydroxyl groups excluding tert-OH is 1. The Hall–Kier alpha value is -1.30. The molecule has 1 fully saturated rings. The van der Waals surface area contributed by atoms with Crippen LogP contribution in [0.25, 0.3) is 0 Å². The fraction of sp³-hybridized carbons (Fsp3) is 0.647. The van der Waals surface area contributed by atoms with Crippen molar-refractivity contribution in [2.75, 3.05) is 45.9 Å². The van der Waals surface area contributed by atoms with Crippen molar-refractivity contribution in [2.24, 2.45) is 0 Å². The Bertz CT molecular complexity index is 473. The molecule has 1 aliphatic rings. The lowest BCUT2D eigenvalue weighted by atomic mass is 10.0. The highest BCUT2D eigenvalue weighted by atomic mass is 16.5. The molecule has 0 bridgehead atoms. The van der Waals surface area contributed by atoms with E-state index in [9.17, 15) is 5.11 Å². The number of ether oxygens (including phenoxy) is 2. The minimum atomic E-state index is -0.570. The van der Waals surface area contributed by atoms with Crippen LogP contribution in [0.5, 0.6) is 11.5 Å². The number of β-amino-alcohol motifs (C(OH)–C–C–N with tert-alkyl or cyclic N) is 1. The molecule has 5 nitrogen and oxygen atoms in total. The Morgan fingerprint density at radius 3 is 2.41 bits per heavy atom. The van der Waals surface area contributed by atoms with Crippen LogP contribution in [-0.4, -0.2) is 55.9 Å². The maximum atomic E-state index is 10.7. The van der Waals surface area contributed by atoms with E-state index in [0.29, 0.717) is 19.8 Å². The van der Waals surface area contributed by atoms with Crippen LogP contribution in [0.2, 0.25) is 0 Å². The summed E-state index contributed by atoms with van der Waals surface area (Å²) in [6.07, 6.45) is -0.570. The summed E-state index contributed by atoms with van der Waals surface area (Å²) in [7, 11) is 0. The molecule has 1 heterocycles. The van der Waals surface area contributed by atoms with Gasteiger partial charge in [-0.2, -0.15) is 0 Å². The number of nitrogens with one attached hydrogen (secondary N) is 1. The number of hydrogen-bond acceptors (Lipinski definition) is 5. The number of benzene rings is 1. The van der Waals surface area contributed by atoms with Crippen LogP contribution in [-0.2, 0) is 0 Å². The Labute approximate surface area is 133 Å². The van der Waals surface area contributed by atoms with Gasteiger partial charge in [0.05, 0.1) is 19.3 Å². The zero-order valence-electron chi connectivity index (χ0n) is 13.9. The third-order valence-electron chi connectivity index (χ3n) is 3.91. The van der Waals surface area contributed by atoms with E-state index in [1.807, 2.05) is 32.9 Å². The Morgan fingerprint density at radius 2 is 1.77 bits per heavy atom. The molecule has 0 aliphatic carbocycles. The molecule has 124 valence electrons. The Balaban J connectivity index is 2.19. The number of piperazine rings is 1. The summed E-state index contributed by atoms with van der Waals surface area (Å²) in [5.41, 5.74) is 1.85. The summed E-state index contributed by atoms with van der Waals surface area (Å²) in [6, 6.07) is 3.89. The van der Waals surface area contributed by atoms with E-state index in [1.54, 1.807) is 0 Å². The van der Waals surface area contributed by atoms with Crippen molar-refractivity contribution in [2.45, 2.75) is 26.9 Å². The lowest BCUT2D eigenvalue weighted by Gasteiger charge is -2.29. The molecule has 1 aromatic rings. The van der Waals surface area contributed by atoms with E-state index in [2.05, 4.69) is 10.2 Å². The van der Waals surface area contributed by atoms with Crippen LogP contribution in [0.1, 0.15) is 31.1 Å². The zero-order chi connectivity index (χ0) is 15.9. The van der Waals surface area contributed by atoms with Crippen LogP contribution in [0, 0.1) is 6.92 Å². The maximum Gasteiger partial charge on any atom is 0.125 e. The average Bonchev–Trinajstić information content (AvgIpc) is 2.51. The van der Waals surface area contributed by atoms with E-state index < -0.39 is 6.10 Å². The second-order valence-corrected chi connectivity index (χ2v) is 5.59. The molecule has 0 amide bonds. The first-order valence-corrected chi connectivity index (χ1v) is 8.17. The fourth-order valence-corrected chi connectivity index (χ4v) is 2.77. The zero-order valence-corrected chi connectivity index (χ0v) is 13.9. The molecule has 1 atom stereocenters. The molecular formula is C17H28N2O3. The van der Waals surface area contributed by atoms with E-state index in [0.717, 1.165) is 48.8 Å². The summed E-state index contributed by atoms with van der Waals surface area (Å²) < 4.78 is 11.4. The van der Waals surface area contributed by atoms with Gasteiger partial charge in [-0.1, -0.05) is 0 Å². The lowest BCUT2D eigenvalue weighted by Crippen LogP contribution is -2.45. The molecule has 2 N–H and O–H groups in total. The SMILES string of the molecule is CCOc1cc(C(O)CN2CCNCC2)c(OCC)cc1C. The van der Waals surface area contributed by atoms with Gasteiger partial charge in [-0.3, -0.25) is 4.90 Å². The molecule has 0 aromatic heterocycles. The van der Waals surface area contributed by atoms with Crippen LogP contribution < -0.4 is 14.8 Å².